The van der Waals surface area contributed by atoms with Gasteiger partial charge in [-0.2, -0.15) is 0 Å². The monoisotopic (exact) mass is 284 g/mol. The molecule has 0 radical (unpaired) electrons. The minimum atomic E-state index is -0.380. The highest BCUT2D eigenvalue weighted by molar-refractivity contribution is 7.07. The van der Waals surface area contributed by atoms with Crippen molar-refractivity contribution in [3.8, 4) is 0 Å². The first-order chi connectivity index (χ1) is 8.66. The topological polar surface area (TPSA) is 24.9 Å². The van der Waals surface area contributed by atoms with E-state index in [0.29, 0.717) is 0 Å². The molecule has 0 aliphatic rings. The van der Waals surface area contributed by atoms with E-state index in [4.69, 9.17) is 11.6 Å². The summed E-state index contributed by atoms with van der Waals surface area (Å²) >= 11 is 7.36. The van der Waals surface area contributed by atoms with E-state index in [9.17, 15) is 4.39 Å². The molecule has 2 rings (SSSR count). The third-order valence-corrected chi connectivity index (χ3v) is 3.68. The van der Waals surface area contributed by atoms with Crippen LogP contribution < -0.4 is 5.32 Å². The molecule has 0 spiro atoms. The number of nitrogens with zero attached hydrogens (tertiary/aromatic N) is 1. The number of rotatable bonds is 5. The van der Waals surface area contributed by atoms with E-state index in [2.05, 4.69) is 10.3 Å². The van der Waals surface area contributed by atoms with E-state index in [1.807, 2.05) is 17.8 Å². The normalized spacial score (nSPS) is 12.6. The molecule has 0 fully saturated rings. The summed E-state index contributed by atoms with van der Waals surface area (Å²) in [6.07, 6.45) is 0.892. The zero-order valence-corrected chi connectivity index (χ0v) is 11.6. The van der Waals surface area contributed by atoms with Crippen LogP contribution in [0.1, 0.15) is 24.2 Å². The van der Waals surface area contributed by atoms with E-state index < -0.39 is 0 Å². The van der Waals surface area contributed by atoms with Crippen LogP contribution in [0.4, 0.5) is 4.39 Å². The van der Waals surface area contributed by atoms with Crippen LogP contribution in [0.25, 0.3) is 0 Å². The van der Waals surface area contributed by atoms with Crippen LogP contribution >= 0.6 is 22.9 Å². The summed E-state index contributed by atoms with van der Waals surface area (Å²) in [4.78, 5) is 4.22. The van der Waals surface area contributed by atoms with Crippen molar-refractivity contribution < 1.29 is 4.39 Å². The fraction of sp³-hybridized carbons (Fsp3) is 0.308. The molecule has 1 atom stereocenters. The van der Waals surface area contributed by atoms with Crippen molar-refractivity contribution in [1.82, 2.24) is 10.3 Å². The van der Waals surface area contributed by atoms with E-state index in [0.717, 1.165) is 24.2 Å². The first kappa shape index (κ1) is 13.5. The molecule has 1 heterocycles. The Bertz CT molecular complexity index is 502. The molecule has 0 aliphatic heterocycles. The van der Waals surface area contributed by atoms with Crippen LogP contribution in [0.3, 0.4) is 0 Å². The molecule has 0 saturated carbocycles. The lowest BCUT2D eigenvalue weighted by Gasteiger charge is -2.14. The molecule has 2 aromatic rings. The van der Waals surface area contributed by atoms with Gasteiger partial charge in [-0.25, -0.2) is 9.37 Å². The first-order valence-electron chi connectivity index (χ1n) is 5.72. The molecule has 0 saturated heterocycles. The second-order valence-electron chi connectivity index (χ2n) is 4.08. The van der Waals surface area contributed by atoms with Gasteiger partial charge < -0.3 is 5.32 Å². The summed E-state index contributed by atoms with van der Waals surface area (Å²) in [5.74, 6) is -0.380. The highest BCUT2D eigenvalue weighted by atomic mass is 35.5. The summed E-state index contributed by atoms with van der Waals surface area (Å²) in [7, 11) is 0. The Hall–Kier alpha value is -0.970. The lowest BCUT2D eigenvalue weighted by molar-refractivity contribution is 0.571. The fourth-order valence-corrected chi connectivity index (χ4v) is 2.46. The molecular weight excluding hydrogens is 271 g/mol. The number of nitrogens with one attached hydrogen (secondary N) is 1. The van der Waals surface area contributed by atoms with Crippen LogP contribution in [0, 0.1) is 5.82 Å². The number of benzene rings is 1. The maximum absolute atomic E-state index is 13.0. The fourth-order valence-electron chi connectivity index (χ4n) is 1.68. The van der Waals surface area contributed by atoms with Gasteiger partial charge in [-0.1, -0.05) is 17.7 Å². The summed E-state index contributed by atoms with van der Waals surface area (Å²) in [6, 6.07) is 4.96. The Morgan fingerprint density at radius 2 is 2.33 bits per heavy atom. The number of aromatic nitrogens is 1. The van der Waals surface area contributed by atoms with Crippen molar-refractivity contribution in [2.75, 3.05) is 6.54 Å². The average molecular weight is 285 g/mol. The third kappa shape index (κ3) is 3.51. The summed E-state index contributed by atoms with van der Waals surface area (Å²) in [5.41, 5.74) is 3.91. The Labute approximate surface area is 115 Å². The van der Waals surface area contributed by atoms with Crippen LogP contribution in [-0.4, -0.2) is 11.5 Å². The zero-order valence-electron chi connectivity index (χ0n) is 9.99. The highest BCUT2D eigenvalue weighted by Gasteiger charge is 2.07. The second-order valence-corrected chi connectivity index (χ2v) is 5.21. The number of hydrogen-bond acceptors (Lipinski definition) is 3. The predicted molar refractivity (Wildman–Crippen MR) is 73.6 cm³/mol. The molecule has 1 aromatic carbocycles. The molecule has 5 heteroatoms. The molecule has 0 amide bonds. The van der Waals surface area contributed by atoms with Gasteiger partial charge in [0.05, 0.1) is 16.2 Å². The van der Waals surface area contributed by atoms with Gasteiger partial charge in [0.25, 0.3) is 0 Å². The zero-order chi connectivity index (χ0) is 13.0. The van der Waals surface area contributed by atoms with Crippen molar-refractivity contribution in [3.05, 3.63) is 51.2 Å². The Morgan fingerprint density at radius 1 is 1.50 bits per heavy atom. The van der Waals surface area contributed by atoms with Gasteiger partial charge in [0.15, 0.2) is 0 Å². The quantitative estimate of drug-likeness (QED) is 0.903. The van der Waals surface area contributed by atoms with Gasteiger partial charge >= 0.3 is 0 Å². The summed E-state index contributed by atoms with van der Waals surface area (Å²) in [5, 5.41) is 5.58. The van der Waals surface area contributed by atoms with Crippen molar-refractivity contribution in [1.29, 1.82) is 0 Å². The van der Waals surface area contributed by atoms with Crippen molar-refractivity contribution >= 4 is 22.9 Å². The Balaban J connectivity index is 1.87. The average Bonchev–Trinajstić information content (AvgIpc) is 2.85. The molecule has 0 bridgehead atoms. The van der Waals surface area contributed by atoms with Crippen LogP contribution in [-0.2, 0) is 6.42 Å². The molecule has 2 nitrogen and oxygen atoms in total. The van der Waals surface area contributed by atoms with Crippen molar-refractivity contribution in [2.24, 2.45) is 0 Å². The Morgan fingerprint density at radius 3 is 3.00 bits per heavy atom. The number of hydrogen-bond donors (Lipinski definition) is 1. The van der Waals surface area contributed by atoms with Crippen LogP contribution in [0.2, 0.25) is 5.02 Å². The van der Waals surface area contributed by atoms with E-state index >= 15 is 0 Å². The summed E-state index contributed by atoms with van der Waals surface area (Å²) in [6.45, 7) is 2.87. The van der Waals surface area contributed by atoms with Crippen LogP contribution in [0.5, 0.6) is 0 Å². The van der Waals surface area contributed by atoms with E-state index in [-0.39, 0.29) is 16.9 Å². The Kier molecular flexibility index (Phi) is 4.69. The van der Waals surface area contributed by atoms with Gasteiger partial charge in [0.1, 0.15) is 5.82 Å². The second kappa shape index (κ2) is 6.27. The smallest absolute Gasteiger partial charge is 0.141 e. The molecule has 1 N–H and O–H groups in total. The van der Waals surface area contributed by atoms with Gasteiger partial charge in [0.2, 0.25) is 0 Å². The van der Waals surface area contributed by atoms with Crippen LogP contribution in [0.15, 0.2) is 29.1 Å². The number of thiazole rings is 1. The molecular formula is C13H14ClFN2S. The lowest BCUT2D eigenvalue weighted by atomic mass is 10.1. The van der Waals surface area contributed by atoms with E-state index in [1.54, 1.807) is 23.5 Å². The lowest BCUT2D eigenvalue weighted by Crippen LogP contribution is -2.21. The minimum absolute atomic E-state index is 0.140. The molecule has 1 unspecified atom stereocenters. The largest absolute Gasteiger partial charge is 0.310 e. The molecule has 96 valence electrons. The molecule has 0 aliphatic carbocycles. The van der Waals surface area contributed by atoms with E-state index in [1.165, 1.54) is 6.07 Å². The first-order valence-corrected chi connectivity index (χ1v) is 7.04. The van der Waals surface area contributed by atoms with Gasteiger partial charge in [-0.05, 0) is 24.6 Å². The van der Waals surface area contributed by atoms with Gasteiger partial charge in [-0.3, -0.25) is 0 Å². The summed E-state index contributed by atoms with van der Waals surface area (Å²) < 4.78 is 13.0. The SMILES string of the molecule is CC(NCCc1cscn1)c1ccc(F)c(Cl)c1. The maximum Gasteiger partial charge on any atom is 0.141 e. The van der Waals surface area contributed by atoms with Crippen molar-refractivity contribution in [2.45, 2.75) is 19.4 Å². The number of halogens is 2. The highest BCUT2D eigenvalue weighted by Crippen LogP contribution is 2.20. The standard InChI is InChI=1S/C13H14ClFN2S/c1-9(10-2-3-13(15)12(14)6-10)16-5-4-11-7-18-8-17-11/h2-3,6-9,16H,4-5H2,1H3. The third-order valence-electron chi connectivity index (χ3n) is 2.76. The molecule has 1 aromatic heterocycles. The van der Waals surface area contributed by atoms with Gasteiger partial charge in [-0.15, -0.1) is 11.3 Å². The minimum Gasteiger partial charge on any atom is -0.310 e. The molecule has 18 heavy (non-hydrogen) atoms. The maximum atomic E-state index is 13.0. The van der Waals surface area contributed by atoms with Gasteiger partial charge in [0, 0.05) is 24.4 Å². The van der Waals surface area contributed by atoms with Crippen molar-refractivity contribution in [3.63, 3.8) is 0 Å². The predicted octanol–water partition coefficient (Wildman–Crippen LogP) is 3.83.